The van der Waals surface area contributed by atoms with E-state index in [4.69, 9.17) is 5.26 Å². The Balaban J connectivity index is 3.14. The van der Waals surface area contributed by atoms with Crippen molar-refractivity contribution in [1.82, 2.24) is 0 Å². The smallest absolute Gasteiger partial charge is 0.0652 e. The van der Waals surface area contributed by atoms with Crippen LogP contribution in [0.2, 0.25) is 0 Å². The molecule has 0 aliphatic rings. The molecule has 0 aliphatic heterocycles. The van der Waals surface area contributed by atoms with Gasteiger partial charge in [-0.1, -0.05) is 6.08 Å². The third kappa shape index (κ3) is 3.42. The van der Waals surface area contributed by atoms with Crippen LogP contribution >= 0.6 is 0 Å². The van der Waals surface area contributed by atoms with Crippen molar-refractivity contribution in [2.75, 3.05) is 0 Å². The van der Waals surface area contributed by atoms with Gasteiger partial charge in [0.05, 0.1) is 6.07 Å². The zero-order valence-electron chi connectivity index (χ0n) is 5.22. The highest BCUT2D eigenvalue weighted by Gasteiger charge is 1.93. The van der Waals surface area contributed by atoms with E-state index >= 15 is 0 Å². The number of nitriles is 1. The topological polar surface area (TPSA) is 23.8 Å². The van der Waals surface area contributed by atoms with Gasteiger partial charge in [0.2, 0.25) is 0 Å². The quantitative estimate of drug-likeness (QED) is 0.509. The fourth-order valence-electron chi connectivity index (χ4n) is 0.432. The fraction of sp³-hybridized carbons (Fsp3) is 0.571. The van der Waals surface area contributed by atoms with Gasteiger partial charge < -0.3 is 0 Å². The first-order valence-corrected chi connectivity index (χ1v) is 2.81. The van der Waals surface area contributed by atoms with E-state index in [9.17, 15) is 0 Å². The van der Waals surface area contributed by atoms with Gasteiger partial charge in [-0.25, -0.2) is 0 Å². The van der Waals surface area contributed by atoms with Gasteiger partial charge in [0.1, 0.15) is 0 Å². The van der Waals surface area contributed by atoms with Crippen LogP contribution in [0.4, 0.5) is 0 Å². The monoisotopic (exact) mass is 109 g/mol. The van der Waals surface area contributed by atoms with E-state index in [0.717, 1.165) is 12.8 Å². The molecule has 0 aromatic carbocycles. The molecule has 0 N–H and O–H groups in total. The molecule has 8 heavy (non-hydrogen) atoms. The molecule has 0 aliphatic carbocycles. The molecule has 1 heteroatoms. The Morgan fingerprint density at radius 2 is 2.50 bits per heavy atom. The molecule has 1 nitrogen and oxygen atoms in total. The molecule has 0 saturated carbocycles. The summed E-state index contributed by atoms with van der Waals surface area (Å²) in [6.45, 7) is 5.48. The lowest BCUT2D eigenvalue weighted by Crippen LogP contribution is -1.86. The molecule has 44 valence electrons. The van der Waals surface area contributed by atoms with Crippen LogP contribution < -0.4 is 0 Å². The van der Waals surface area contributed by atoms with Crippen LogP contribution in [0, 0.1) is 17.2 Å². The predicted octanol–water partition coefficient (Wildman–Crippen LogP) is 2.11. The highest BCUT2D eigenvalue weighted by atomic mass is 14.2. The average molecular weight is 109 g/mol. The summed E-state index contributed by atoms with van der Waals surface area (Å²) in [6.07, 6.45) is 3.74. The first-order chi connectivity index (χ1) is 3.81. The molecule has 0 amide bonds. The molecule has 1 atom stereocenters. The van der Waals surface area contributed by atoms with Crippen LogP contribution in [-0.4, -0.2) is 0 Å². The maximum Gasteiger partial charge on any atom is 0.0652 e. The Bertz CT molecular complexity index is 99.4. The SMILES string of the molecule is C=CCCC(C)C#N. The van der Waals surface area contributed by atoms with Crippen LogP contribution in [0.3, 0.4) is 0 Å². The highest BCUT2D eigenvalue weighted by molar-refractivity contribution is 4.80. The summed E-state index contributed by atoms with van der Waals surface area (Å²) >= 11 is 0. The molecule has 0 aromatic rings. The van der Waals surface area contributed by atoms with Crippen molar-refractivity contribution in [1.29, 1.82) is 5.26 Å². The van der Waals surface area contributed by atoms with E-state index in [0.29, 0.717) is 0 Å². The molecule has 0 radical (unpaired) electrons. The summed E-state index contributed by atoms with van der Waals surface area (Å²) in [5, 5.41) is 8.28. The van der Waals surface area contributed by atoms with Crippen molar-refractivity contribution in [3.63, 3.8) is 0 Å². The van der Waals surface area contributed by atoms with Gasteiger partial charge in [0, 0.05) is 5.92 Å². The lowest BCUT2D eigenvalue weighted by atomic mass is 10.1. The Hall–Kier alpha value is -0.770. The van der Waals surface area contributed by atoms with Crippen molar-refractivity contribution < 1.29 is 0 Å². The molecule has 0 heterocycles. The van der Waals surface area contributed by atoms with Gasteiger partial charge in [0.15, 0.2) is 0 Å². The summed E-state index contributed by atoms with van der Waals surface area (Å²) in [7, 11) is 0. The molecule has 0 bridgehead atoms. The normalized spacial score (nSPS) is 12.0. The molecular formula is C7H11N. The van der Waals surface area contributed by atoms with Crippen molar-refractivity contribution >= 4 is 0 Å². The number of hydrogen-bond acceptors (Lipinski definition) is 1. The van der Waals surface area contributed by atoms with Gasteiger partial charge in [-0.3, -0.25) is 0 Å². The van der Waals surface area contributed by atoms with Gasteiger partial charge in [-0.05, 0) is 19.8 Å². The van der Waals surface area contributed by atoms with Gasteiger partial charge in [-0.2, -0.15) is 5.26 Å². The maximum atomic E-state index is 8.28. The van der Waals surface area contributed by atoms with Crippen molar-refractivity contribution in [3.8, 4) is 6.07 Å². The highest BCUT2D eigenvalue weighted by Crippen LogP contribution is 2.02. The van der Waals surface area contributed by atoms with E-state index in [2.05, 4.69) is 12.6 Å². The van der Waals surface area contributed by atoms with E-state index in [1.165, 1.54) is 0 Å². The standard InChI is InChI=1S/C7H11N/c1-3-4-5-7(2)6-8/h3,7H,1,4-5H2,2H3. The van der Waals surface area contributed by atoms with E-state index in [-0.39, 0.29) is 5.92 Å². The molecule has 0 rings (SSSR count). The van der Waals surface area contributed by atoms with Gasteiger partial charge in [-0.15, -0.1) is 6.58 Å². The molecule has 1 unspecified atom stereocenters. The molecule has 0 aromatic heterocycles. The van der Waals surface area contributed by atoms with Crippen molar-refractivity contribution in [2.24, 2.45) is 5.92 Å². The van der Waals surface area contributed by atoms with Gasteiger partial charge in [0.25, 0.3) is 0 Å². The lowest BCUT2D eigenvalue weighted by Gasteiger charge is -1.94. The minimum absolute atomic E-state index is 0.188. The average Bonchev–Trinajstić information content (AvgIpc) is 1.83. The zero-order chi connectivity index (χ0) is 6.41. The van der Waals surface area contributed by atoms with Crippen LogP contribution in [0.5, 0.6) is 0 Å². The Kier molecular flexibility index (Phi) is 3.97. The van der Waals surface area contributed by atoms with Crippen LogP contribution in [-0.2, 0) is 0 Å². The van der Waals surface area contributed by atoms with E-state index < -0.39 is 0 Å². The second kappa shape index (κ2) is 4.39. The van der Waals surface area contributed by atoms with Crippen LogP contribution in [0.15, 0.2) is 12.7 Å². The summed E-state index contributed by atoms with van der Waals surface area (Å²) < 4.78 is 0. The zero-order valence-corrected chi connectivity index (χ0v) is 5.22. The molecular weight excluding hydrogens is 98.1 g/mol. The Morgan fingerprint density at radius 1 is 1.88 bits per heavy atom. The van der Waals surface area contributed by atoms with Crippen LogP contribution in [0.25, 0.3) is 0 Å². The summed E-state index contributed by atoms with van der Waals surface area (Å²) in [4.78, 5) is 0. The number of nitrogens with zero attached hydrogens (tertiary/aromatic N) is 1. The van der Waals surface area contributed by atoms with E-state index in [1.54, 1.807) is 0 Å². The Labute approximate surface area is 50.6 Å². The van der Waals surface area contributed by atoms with Crippen LogP contribution in [0.1, 0.15) is 19.8 Å². The molecule has 0 fully saturated rings. The second-order valence-electron chi connectivity index (χ2n) is 1.90. The predicted molar refractivity (Wildman–Crippen MR) is 34.2 cm³/mol. The molecule has 0 saturated heterocycles. The Morgan fingerprint density at radius 3 is 2.88 bits per heavy atom. The first-order valence-electron chi connectivity index (χ1n) is 2.81. The molecule has 0 spiro atoms. The van der Waals surface area contributed by atoms with Crippen molar-refractivity contribution in [2.45, 2.75) is 19.8 Å². The number of allylic oxidation sites excluding steroid dienone is 1. The fourth-order valence-corrected chi connectivity index (χ4v) is 0.432. The summed E-state index contributed by atoms with van der Waals surface area (Å²) in [5.41, 5.74) is 0. The van der Waals surface area contributed by atoms with E-state index in [1.807, 2.05) is 13.0 Å². The minimum Gasteiger partial charge on any atom is -0.198 e. The maximum absolute atomic E-state index is 8.28. The second-order valence-corrected chi connectivity index (χ2v) is 1.90. The lowest BCUT2D eigenvalue weighted by molar-refractivity contribution is 0.671. The largest absolute Gasteiger partial charge is 0.198 e. The number of rotatable bonds is 3. The van der Waals surface area contributed by atoms with Gasteiger partial charge >= 0.3 is 0 Å². The number of hydrogen-bond donors (Lipinski definition) is 0. The third-order valence-electron chi connectivity index (χ3n) is 1.02. The third-order valence-corrected chi connectivity index (χ3v) is 1.02. The summed E-state index contributed by atoms with van der Waals surface area (Å²) in [5.74, 6) is 0.188. The summed E-state index contributed by atoms with van der Waals surface area (Å²) in [6, 6.07) is 2.15. The van der Waals surface area contributed by atoms with Crippen molar-refractivity contribution in [3.05, 3.63) is 12.7 Å². The first kappa shape index (κ1) is 7.23. The minimum atomic E-state index is 0.188.